The van der Waals surface area contributed by atoms with Crippen LogP contribution in [0, 0.1) is 12.3 Å². The van der Waals surface area contributed by atoms with Crippen molar-refractivity contribution in [2.75, 3.05) is 5.32 Å². The number of rotatable bonds is 5. The number of aromatic carboxylic acids is 1. The van der Waals surface area contributed by atoms with Crippen LogP contribution in [0.15, 0.2) is 18.2 Å². The molecule has 0 bridgehead atoms. The molecule has 0 saturated heterocycles. The van der Waals surface area contributed by atoms with Crippen LogP contribution in [0.5, 0.6) is 5.75 Å². The number of hydrogen-bond donors (Lipinski definition) is 4. The molecular formula is C14H16N2O4. The maximum absolute atomic E-state index is 11.8. The van der Waals surface area contributed by atoms with E-state index in [0.717, 1.165) is 6.07 Å². The molecule has 0 aliphatic carbocycles. The third-order valence-corrected chi connectivity index (χ3v) is 2.67. The number of phenolic OH excluding ortho intramolecular Hbond substituents is 1. The summed E-state index contributed by atoms with van der Waals surface area (Å²) in [6, 6.07) is 2.96. The van der Waals surface area contributed by atoms with Crippen molar-refractivity contribution >= 4 is 17.7 Å². The van der Waals surface area contributed by atoms with Crippen LogP contribution in [-0.4, -0.2) is 28.3 Å². The zero-order valence-electron chi connectivity index (χ0n) is 11.0. The zero-order chi connectivity index (χ0) is 15.1. The van der Waals surface area contributed by atoms with Gasteiger partial charge in [-0.25, -0.2) is 9.59 Å². The van der Waals surface area contributed by atoms with Gasteiger partial charge in [0.25, 0.3) is 0 Å². The Labute approximate surface area is 116 Å². The molecule has 6 heteroatoms. The quantitative estimate of drug-likeness (QED) is 0.488. The smallest absolute Gasteiger partial charge is 0.337 e. The number of carboxylic acids is 1. The zero-order valence-corrected chi connectivity index (χ0v) is 11.0. The van der Waals surface area contributed by atoms with E-state index in [0.29, 0.717) is 12.8 Å². The Kier molecular flexibility index (Phi) is 5.42. The van der Waals surface area contributed by atoms with Crippen LogP contribution in [-0.2, 0) is 0 Å². The maximum atomic E-state index is 11.8. The van der Waals surface area contributed by atoms with Crippen LogP contribution in [0.2, 0.25) is 0 Å². The highest BCUT2D eigenvalue weighted by Gasteiger charge is 2.15. The van der Waals surface area contributed by atoms with Crippen LogP contribution in [0.3, 0.4) is 0 Å². The monoisotopic (exact) mass is 276 g/mol. The first-order valence-corrected chi connectivity index (χ1v) is 6.05. The minimum Gasteiger partial charge on any atom is -0.508 e. The number of nitrogens with one attached hydrogen (secondary N) is 2. The molecule has 0 fully saturated rings. The number of carboxylic acid groups (broad SMARTS) is 1. The largest absolute Gasteiger partial charge is 0.508 e. The molecule has 2 amide bonds. The standard InChI is InChI=1S/C14H16N2O4/c1-3-5-9(4-2)15-14(20)16-12-7-6-10(17)8-11(12)13(18)19/h1,6-9,17H,4-5H2,2H3,(H,18,19)(H2,15,16,20). The number of terminal acetylenes is 1. The van der Waals surface area contributed by atoms with Gasteiger partial charge in [0.2, 0.25) is 0 Å². The number of urea groups is 1. The Morgan fingerprint density at radius 3 is 2.70 bits per heavy atom. The number of amides is 2. The van der Waals surface area contributed by atoms with Crippen molar-refractivity contribution in [1.82, 2.24) is 5.32 Å². The second kappa shape index (κ2) is 7.04. The SMILES string of the molecule is C#CCC(CC)NC(=O)Nc1ccc(O)cc1C(=O)O. The van der Waals surface area contributed by atoms with Crippen molar-refractivity contribution in [3.05, 3.63) is 23.8 Å². The number of anilines is 1. The molecule has 0 aliphatic heterocycles. The first kappa shape index (κ1) is 15.4. The summed E-state index contributed by atoms with van der Waals surface area (Å²) in [5.74, 6) is 1.02. The fourth-order valence-electron chi connectivity index (χ4n) is 1.60. The number of benzene rings is 1. The fraction of sp³-hybridized carbons (Fsp3) is 0.286. The molecule has 20 heavy (non-hydrogen) atoms. The fourth-order valence-corrected chi connectivity index (χ4v) is 1.60. The molecule has 0 heterocycles. The number of carbonyl (C=O) groups is 2. The number of phenols is 1. The van der Waals surface area contributed by atoms with Gasteiger partial charge in [-0.3, -0.25) is 0 Å². The second-order valence-corrected chi connectivity index (χ2v) is 4.15. The summed E-state index contributed by atoms with van der Waals surface area (Å²) < 4.78 is 0. The van der Waals surface area contributed by atoms with Gasteiger partial charge in [-0.05, 0) is 24.6 Å². The second-order valence-electron chi connectivity index (χ2n) is 4.15. The van der Waals surface area contributed by atoms with E-state index in [2.05, 4.69) is 16.6 Å². The van der Waals surface area contributed by atoms with Crippen LogP contribution in [0.25, 0.3) is 0 Å². The van der Waals surface area contributed by atoms with Crippen LogP contribution in [0.1, 0.15) is 30.1 Å². The van der Waals surface area contributed by atoms with Gasteiger partial charge in [0.15, 0.2) is 0 Å². The van der Waals surface area contributed by atoms with Crippen molar-refractivity contribution in [3.63, 3.8) is 0 Å². The summed E-state index contributed by atoms with van der Waals surface area (Å²) >= 11 is 0. The molecule has 1 unspecified atom stereocenters. The summed E-state index contributed by atoms with van der Waals surface area (Å²) in [4.78, 5) is 22.8. The van der Waals surface area contributed by atoms with Gasteiger partial charge >= 0.3 is 12.0 Å². The Hall–Kier alpha value is -2.68. The lowest BCUT2D eigenvalue weighted by Crippen LogP contribution is -2.37. The highest BCUT2D eigenvalue weighted by molar-refractivity contribution is 6.00. The molecular weight excluding hydrogens is 260 g/mol. The molecule has 1 aromatic carbocycles. The number of carbonyl (C=O) groups excluding carboxylic acids is 1. The first-order valence-electron chi connectivity index (χ1n) is 6.05. The number of hydrogen-bond acceptors (Lipinski definition) is 3. The van der Waals surface area contributed by atoms with Gasteiger partial charge in [0, 0.05) is 12.5 Å². The van der Waals surface area contributed by atoms with E-state index >= 15 is 0 Å². The summed E-state index contributed by atoms with van der Waals surface area (Å²) in [6.45, 7) is 1.88. The van der Waals surface area contributed by atoms with E-state index in [1.165, 1.54) is 12.1 Å². The van der Waals surface area contributed by atoms with Gasteiger partial charge in [0.05, 0.1) is 11.3 Å². The summed E-state index contributed by atoms with van der Waals surface area (Å²) in [5.41, 5.74) is -0.0893. The third kappa shape index (κ3) is 4.21. The molecule has 6 nitrogen and oxygen atoms in total. The molecule has 106 valence electrons. The molecule has 4 N–H and O–H groups in total. The average molecular weight is 276 g/mol. The topological polar surface area (TPSA) is 98.7 Å². The van der Waals surface area contributed by atoms with Crippen molar-refractivity contribution in [3.8, 4) is 18.1 Å². The van der Waals surface area contributed by atoms with E-state index < -0.39 is 12.0 Å². The van der Waals surface area contributed by atoms with Gasteiger partial charge in [-0.2, -0.15) is 0 Å². The molecule has 1 rings (SSSR count). The van der Waals surface area contributed by atoms with Gasteiger partial charge < -0.3 is 20.8 Å². The lowest BCUT2D eigenvalue weighted by molar-refractivity contribution is 0.0697. The Bertz CT molecular complexity index is 549. The van der Waals surface area contributed by atoms with Gasteiger partial charge in [-0.1, -0.05) is 6.92 Å². The maximum Gasteiger partial charge on any atom is 0.337 e. The van der Waals surface area contributed by atoms with Crippen molar-refractivity contribution < 1.29 is 19.8 Å². The van der Waals surface area contributed by atoms with Crippen molar-refractivity contribution in [1.29, 1.82) is 0 Å². The highest BCUT2D eigenvalue weighted by atomic mass is 16.4. The summed E-state index contributed by atoms with van der Waals surface area (Å²) in [5, 5.41) is 23.3. The lowest BCUT2D eigenvalue weighted by Gasteiger charge is -2.15. The molecule has 0 radical (unpaired) electrons. The lowest BCUT2D eigenvalue weighted by atomic mass is 10.1. The molecule has 0 saturated carbocycles. The van der Waals surface area contributed by atoms with Crippen LogP contribution in [0.4, 0.5) is 10.5 Å². The Morgan fingerprint density at radius 1 is 1.45 bits per heavy atom. The normalized spacial score (nSPS) is 11.2. The molecule has 0 aliphatic rings. The van der Waals surface area contributed by atoms with E-state index in [9.17, 15) is 14.7 Å². The Balaban J connectivity index is 2.81. The molecule has 1 aromatic rings. The van der Waals surface area contributed by atoms with Crippen molar-refractivity contribution in [2.24, 2.45) is 0 Å². The third-order valence-electron chi connectivity index (χ3n) is 2.67. The summed E-state index contributed by atoms with van der Waals surface area (Å²) in [7, 11) is 0. The van der Waals surface area contributed by atoms with Gasteiger partial charge in [-0.15, -0.1) is 12.3 Å². The number of aromatic hydroxyl groups is 1. The highest BCUT2D eigenvalue weighted by Crippen LogP contribution is 2.21. The van der Waals surface area contributed by atoms with E-state index in [4.69, 9.17) is 11.5 Å². The molecule has 1 atom stereocenters. The Morgan fingerprint density at radius 2 is 2.15 bits per heavy atom. The van der Waals surface area contributed by atoms with Crippen molar-refractivity contribution in [2.45, 2.75) is 25.8 Å². The summed E-state index contributed by atoms with van der Waals surface area (Å²) in [6.07, 6.45) is 6.25. The van der Waals surface area contributed by atoms with E-state index in [-0.39, 0.29) is 23.0 Å². The minimum absolute atomic E-state index is 0.100. The first-order chi connectivity index (χ1) is 9.47. The predicted octanol–water partition coefficient (Wildman–Crippen LogP) is 2.01. The van der Waals surface area contributed by atoms with E-state index in [1.807, 2.05) is 6.92 Å². The van der Waals surface area contributed by atoms with Crippen LogP contribution >= 0.6 is 0 Å². The average Bonchev–Trinajstić information content (AvgIpc) is 2.40. The van der Waals surface area contributed by atoms with E-state index in [1.54, 1.807) is 0 Å². The molecule has 0 aromatic heterocycles. The minimum atomic E-state index is -1.24. The van der Waals surface area contributed by atoms with Gasteiger partial charge in [0.1, 0.15) is 5.75 Å². The predicted molar refractivity (Wildman–Crippen MR) is 74.7 cm³/mol. The molecule has 0 spiro atoms. The van der Waals surface area contributed by atoms with Crippen LogP contribution < -0.4 is 10.6 Å².